The first kappa shape index (κ1) is 19.9. The molecule has 4 rings (SSSR count). The monoisotopic (exact) mass is 401 g/mol. The van der Waals surface area contributed by atoms with Crippen LogP contribution in [-0.4, -0.2) is 37.8 Å². The third kappa shape index (κ3) is 4.30. The van der Waals surface area contributed by atoms with Gasteiger partial charge in [-0.15, -0.1) is 0 Å². The lowest BCUT2D eigenvalue weighted by Crippen LogP contribution is -2.13. The van der Waals surface area contributed by atoms with E-state index in [1.54, 1.807) is 6.21 Å². The average Bonchev–Trinajstić information content (AvgIpc) is 3.04. The molecular formula is C23H27N7. The minimum atomic E-state index is 0.241. The zero-order valence-electron chi connectivity index (χ0n) is 17.7. The molecule has 154 valence electrons. The largest absolute Gasteiger partial charge is 0.387 e. The molecule has 2 N–H and O–H groups in total. The Morgan fingerprint density at radius 2 is 2.03 bits per heavy atom. The predicted octanol–water partition coefficient (Wildman–Crippen LogP) is 3.42. The minimum Gasteiger partial charge on any atom is -0.387 e. The molecule has 0 unspecified atom stereocenters. The Bertz CT molecular complexity index is 1090. The molecule has 0 radical (unpaired) electrons. The summed E-state index contributed by atoms with van der Waals surface area (Å²) in [6.45, 7) is 4.05. The lowest BCUT2D eigenvalue weighted by molar-refractivity contribution is 0.705. The Kier molecular flexibility index (Phi) is 5.70. The van der Waals surface area contributed by atoms with Crippen molar-refractivity contribution >= 4 is 18.0 Å². The maximum Gasteiger partial charge on any atom is 0.251 e. The first-order valence-electron chi connectivity index (χ1n) is 10.3. The molecule has 0 amide bonds. The van der Waals surface area contributed by atoms with Crippen molar-refractivity contribution in [2.24, 2.45) is 22.8 Å². The number of benzene rings is 1. The number of fused-ring (bicyclic) bond motifs is 3. The molecule has 0 saturated carbocycles. The molecule has 1 aliphatic carbocycles. The Morgan fingerprint density at radius 3 is 2.80 bits per heavy atom. The molecule has 30 heavy (non-hydrogen) atoms. The van der Waals surface area contributed by atoms with E-state index in [0.717, 1.165) is 47.5 Å². The second-order valence-electron chi connectivity index (χ2n) is 7.83. The van der Waals surface area contributed by atoms with Gasteiger partial charge in [-0.2, -0.15) is 10.1 Å². The van der Waals surface area contributed by atoms with Crippen molar-refractivity contribution in [3.8, 4) is 11.3 Å². The van der Waals surface area contributed by atoms with Gasteiger partial charge in [0.2, 0.25) is 0 Å². The van der Waals surface area contributed by atoms with Gasteiger partial charge in [-0.25, -0.2) is 9.97 Å². The molecular weight excluding hydrogens is 374 g/mol. The van der Waals surface area contributed by atoms with E-state index in [1.165, 1.54) is 5.56 Å². The van der Waals surface area contributed by atoms with Gasteiger partial charge in [0.25, 0.3) is 5.95 Å². The van der Waals surface area contributed by atoms with E-state index < -0.39 is 0 Å². The van der Waals surface area contributed by atoms with Crippen molar-refractivity contribution in [3.05, 3.63) is 59.0 Å². The van der Waals surface area contributed by atoms with Crippen LogP contribution < -0.4 is 5.73 Å². The van der Waals surface area contributed by atoms with E-state index in [9.17, 15) is 0 Å². The predicted molar refractivity (Wildman–Crippen MR) is 120 cm³/mol. The van der Waals surface area contributed by atoms with Gasteiger partial charge >= 0.3 is 0 Å². The highest BCUT2D eigenvalue weighted by molar-refractivity contribution is 5.93. The van der Waals surface area contributed by atoms with E-state index >= 15 is 0 Å². The van der Waals surface area contributed by atoms with E-state index in [2.05, 4.69) is 39.2 Å². The summed E-state index contributed by atoms with van der Waals surface area (Å²) in [4.78, 5) is 17.9. The smallest absolute Gasteiger partial charge is 0.251 e. The summed E-state index contributed by atoms with van der Waals surface area (Å²) in [5.74, 6) is 0.831. The third-order valence-corrected chi connectivity index (χ3v) is 5.12. The van der Waals surface area contributed by atoms with Gasteiger partial charge < -0.3 is 5.73 Å². The fourth-order valence-electron chi connectivity index (χ4n) is 3.70. The van der Waals surface area contributed by atoms with Gasteiger partial charge in [0.05, 0.1) is 17.1 Å². The van der Waals surface area contributed by atoms with Crippen LogP contribution in [0.4, 0.5) is 5.95 Å². The first-order valence-corrected chi connectivity index (χ1v) is 10.3. The second-order valence-corrected chi connectivity index (χ2v) is 7.83. The van der Waals surface area contributed by atoms with E-state index in [-0.39, 0.29) is 6.04 Å². The topological polar surface area (TPSA) is 94.3 Å². The van der Waals surface area contributed by atoms with Crippen LogP contribution in [0.2, 0.25) is 0 Å². The van der Waals surface area contributed by atoms with Crippen LogP contribution in [0.25, 0.3) is 11.3 Å². The molecule has 0 atom stereocenters. The summed E-state index contributed by atoms with van der Waals surface area (Å²) in [6.07, 6.45) is 6.72. The van der Waals surface area contributed by atoms with Crippen molar-refractivity contribution in [1.82, 2.24) is 19.7 Å². The van der Waals surface area contributed by atoms with Crippen LogP contribution >= 0.6 is 0 Å². The molecule has 2 aromatic heterocycles. The molecule has 0 saturated heterocycles. The normalized spacial score (nSPS) is 13.7. The lowest BCUT2D eigenvalue weighted by atomic mass is 9.92. The lowest BCUT2D eigenvalue weighted by Gasteiger charge is -2.16. The molecule has 3 aromatic rings. The molecule has 0 bridgehead atoms. The summed E-state index contributed by atoms with van der Waals surface area (Å²) in [6, 6.07) is 10.7. The number of aromatic nitrogens is 4. The average molecular weight is 402 g/mol. The van der Waals surface area contributed by atoms with Gasteiger partial charge in [-0.1, -0.05) is 30.3 Å². The summed E-state index contributed by atoms with van der Waals surface area (Å²) in [7, 11) is 2.00. The maximum absolute atomic E-state index is 6.06. The molecule has 7 nitrogen and oxygen atoms in total. The van der Waals surface area contributed by atoms with Crippen molar-refractivity contribution < 1.29 is 0 Å². The van der Waals surface area contributed by atoms with Crippen LogP contribution in [0.5, 0.6) is 0 Å². The van der Waals surface area contributed by atoms with E-state index in [0.29, 0.717) is 18.2 Å². The SMILES string of the molecule is CC(C)N=CCC(N)=Nc1ncc2c(n1)-c1c(nn(C)c1Cc1ccccc1)CC2. The number of hydrogen-bond donors (Lipinski definition) is 1. The Labute approximate surface area is 176 Å². The van der Waals surface area contributed by atoms with Crippen molar-refractivity contribution in [2.75, 3.05) is 0 Å². The van der Waals surface area contributed by atoms with Crippen molar-refractivity contribution in [1.29, 1.82) is 0 Å². The molecule has 7 heteroatoms. The molecule has 0 fully saturated rings. The number of nitrogens with zero attached hydrogens (tertiary/aromatic N) is 6. The summed E-state index contributed by atoms with van der Waals surface area (Å²) < 4.78 is 1.98. The number of hydrogen-bond acceptors (Lipinski definition) is 5. The molecule has 0 aliphatic heterocycles. The minimum absolute atomic E-state index is 0.241. The Hall–Kier alpha value is -3.35. The number of aryl methyl sites for hydroxylation is 3. The second kappa shape index (κ2) is 8.57. The highest BCUT2D eigenvalue weighted by Crippen LogP contribution is 2.35. The van der Waals surface area contributed by atoms with Gasteiger partial charge in [0.1, 0.15) is 5.84 Å². The third-order valence-electron chi connectivity index (χ3n) is 5.12. The number of nitrogens with two attached hydrogens (primary N) is 1. The van der Waals surface area contributed by atoms with Crippen LogP contribution in [-0.2, 0) is 26.3 Å². The molecule has 1 aliphatic rings. The molecule has 2 heterocycles. The standard InChI is InChI=1S/C23H27N7/c1-15(2)25-12-11-20(24)27-23-26-14-17-9-10-18-21(22(17)28-23)19(30(3)29-18)13-16-7-5-4-6-8-16/h4-8,12,14-15H,9-11,13H2,1-3H3,(H2,24,26,27,28). The highest BCUT2D eigenvalue weighted by atomic mass is 15.3. The van der Waals surface area contributed by atoms with Crippen LogP contribution in [0, 0.1) is 0 Å². The Balaban J connectivity index is 1.68. The van der Waals surface area contributed by atoms with Crippen LogP contribution in [0.3, 0.4) is 0 Å². The van der Waals surface area contributed by atoms with E-state index in [1.807, 2.05) is 37.8 Å². The zero-order valence-corrected chi connectivity index (χ0v) is 17.7. The molecule has 0 spiro atoms. The molecule has 1 aromatic carbocycles. The summed E-state index contributed by atoms with van der Waals surface area (Å²) in [5.41, 5.74) is 12.7. The van der Waals surface area contributed by atoms with Gasteiger partial charge in [-0.3, -0.25) is 9.67 Å². The van der Waals surface area contributed by atoms with Gasteiger partial charge in [0, 0.05) is 43.9 Å². The summed E-state index contributed by atoms with van der Waals surface area (Å²) >= 11 is 0. The van der Waals surface area contributed by atoms with Crippen molar-refractivity contribution in [3.63, 3.8) is 0 Å². The van der Waals surface area contributed by atoms with Crippen molar-refractivity contribution in [2.45, 2.75) is 45.6 Å². The van der Waals surface area contributed by atoms with Gasteiger partial charge in [0.15, 0.2) is 0 Å². The maximum atomic E-state index is 6.06. The number of amidine groups is 1. The fraction of sp³-hybridized carbons (Fsp3) is 0.348. The fourth-order valence-corrected chi connectivity index (χ4v) is 3.70. The van der Waals surface area contributed by atoms with Crippen LogP contribution in [0.15, 0.2) is 46.5 Å². The van der Waals surface area contributed by atoms with Crippen LogP contribution in [0.1, 0.15) is 42.8 Å². The number of rotatable bonds is 6. The summed E-state index contributed by atoms with van der Waals surface area (Å²) in [5, 5.41) is 4.77. The van der Waals surface area contributed by atoms with E-state index in [4.69, 9.17) is 15.8 Å². The van der Waals surface area contributed by atoms with Gasteiger partial charge in [-0.05, 0) is 37.8 Å². The zero-order chi connectivity index (χ0) is 21.1. The Morgan fingerprint density at radius 1 is 1.23 bits per heavy atom. The quantitative estimate of drug-likeness (QED) is 0.506. The number of aliphatic imine (C=N–C) groups is 2. The highest BCUT2D eigenvalue weighted by Gasteiger charge is 2.26. The first-order chi connectivity index (χ1) is 14.5.